The second kappa shape index (κ2) is 7.82. The van der Waals surface area contributed by atoms with Gasteiger partial charge in [0.05, 0.1) is 12.4 Å². The molecule has 90 valence electrons. The van der Waals surface area contributed by atoms with Gasteiger partial charge in [0.1, 0.15) is 15.6 Å². The molecule has 0 aromatic heterocycles. The maximum absolute atomic E-state index is 11.2. The molecule has 0 amide bonds. The van der Waals surface area contributed by atoms with Crippen LogP contribution >= 0.6 is 0 Å². The molecular formula is C10H20O4S. The monoisotopic (exact) mass is 236 g/mol. The van der Waals surface area contributed by atoms with Crippen LogP contribution in [0.2, 0.25) is 0 Å². The molecule has 0 aromatic carbocycles. The first kappa shape index (κ1) is 14.6. The molecule has 0 unspecified atom stereocenters. The van der Waals surface area contributed by atoms with Gasteiger partial charge in [0.25, 0.3) is 0 Å². The van der Waals surface area contributed by atoms with Gasteiger partial charge in [-0.05, 0) is 13.3 Å². The summed E-state index contributed by atoms with van der Waals surface area (Å²) >= 11 is 0. The Morgan fingerprint density at radius 3 is 2.40 bits per heavy atom. The van der Waals surface area contributed by atoms with E-state index in [1.807, 2.05) is 6.92 Å². The quantitative estimate of drug-likeness (QED) is 0.564. The second-order valence-electron chi connectivity index (χ2n) is 3.33. The summed E-state index contributed by atoms with van der Waals surface area (Å²) in [5.41, 5.74) is 0. The number of sulfone groups is 1. The fraction of sp³-hybridized carbons (Fsp3) is 0.900. The number of ketones is 1. The number of carbonyl (C=O) groups is 1. The zero-order valence-electron chi connectivity index (χ0n) is 9.49. The van der Waals surface area contributed by atoms with Crippen molar-refractivity contribution in [3.63, 3.8) is 0 Å². The van der Waals surface area contributed by atoms with Gasteiger partial charge in [-0.1, -0.05) is 6.92 Å². The van der Waals surface area contributed by atoms with Gasteiger partial charge in [-0.15, -0.1) is 0 Å². The van der Waals surface area contributed by atoms with Crippen LogP contribution in [0.5, 0.6) is 0 Å². The van der Waals surface area contributed by atoms with E-state index in [4.69, 9.17) is 4.74 Å². The first-order valence-corrected chi connectivity index (χ1v) is 7.13. The lowest BCUT2D eigenvalue weighted by Gasteiger charge is -2.02. The average Bonchev–Trinajstić information content (AvgIpc) is 2.18. The molecule has 0 radical (unpaired) electrons. The van der Waals surface area contributed by atoms with Gasteiger partial charge < -0.3 is 4.74 Å². The molecular weight excluding hydrogens is 216 g/mol. The number of hydrogen-bond acceptors (Lipinski definition) is 4. The van der Waals surface area contributed by atoms with Crippen molar-refractivity contribution in [1.29, 1.82) is 0 Å². The molecule has 0 atom stereocenters. The molecule has 0 aliphatic heterocycles. The standard InChI is InChI=1S/C10H20O4S/c1-3-14-8-7-10(11)6-5-9-15(12,13)4-2/h3-9H2,1-2H3. The highest BCUT2D eigenvalue weighted by molar-refractivity contribution is 7.91. The fourth-order valence-corrected chi connectivity index (χ4v) is 1.96. The topological polar surface area (TPSA) is 60.4 Å². The minimum absolute atomic E-state index is 0.0785. The highest BCUT2D eigenvalue weighted by Crippen LogP contribution is 2.00. The Labute approximate surface area is 91.9 Å². The summed E-state index contributed by atoms with van der Waals surface area (Å²) in [5, 5.41) is 0. The summed E-state index contributed by atoms with van der Waals surface area (Å²) in [6, 6.07) is 0. The van der Waals surface area contributed by atoms with E-state index in [1.54, 1.807) is 6.92 Å². The molecule has 4 nitrogen and oxygen atoms in total. The lowest BCUT2D eigenvalue weighted by molar-refractivity contribution is -0.120. The zero-order chi connectivity index (χ0) is 11.7. The molecule has 0 rings (SSSR count). The van der Waals surface area contributed by atoms with E-state index in [0.29, 0.717) is 32.5 Å². The number of carbonyl (C=O) groups excluding carboxylic acids is 1. The molecule has 15 heavy (non-hydrogen) atoms. The van der Waals surface area contributed by atoms with Crippen molar-refractivity contribution in [2.24, 2.45) is 0 Å². The predicted octanol–water partition coefficient (Wildman–Crippen LogP) is 1.20. The van der Waals surface area contributed by atoms with Gasteiger partial charge in [0, 0.05) is 25.2 Å². The SMILES string of the molecule is CCOCCC(=O)CCCS(=O)(=O)CC. The van der Waals surface area contributed by atoms with E-state index in [1.165, 1.54) is 0 Å². The molecule has 0 fully saturated rings. The minimum atomic E-state index is -2.92. The van der Waals surface area contributed by atoms with Gasteiger partial charge in [0.2, 0.25) is 0 Å². The van der Waals surface area contributed by atoms with Gasteiger partial charge in [-0.25, -0.2) is 8.42 Å². The Morgan fingerprint density at radius 1 is 1.20 bits per heavy atom. The second-order valence-corrected chi connectivity index (χ2v) is 5.80. The molecule has 0 aliphatic carbocycles. The number of rotatable bonds is 9. The summed E-state index contributed by atoms with van der Waals surface area (Å²) in [6.07, 6.45) is 1.16. The molecule has 0 heterocycles. The van der Waals surface area contributed by atoms with E-state index in [0.717, 1.165) is 0 Å². The molecule has 0 aliphatic rings. The van der Waals surface area contributed by atoms with Crippen molar-refractivity contribution >= 4 is 15.6 Å². The van der Waals surface area contributed by atoms with Crippen LogP contribution in [0.25, 0.3) is 0 Å². The highest BCUT2D eigenvalue weighted by atomic mass is 32.2. The zero-order valence-corrected chi connectivity index (χ0v) is 10.3. The largest absolute Gasteiger partial charge is 0.381 e. The van der Waals surface area contributed by atoms with Crippen LogP contribution in [-0.2, 0) is 19.4 Å². The van der Waals surface area contributed by atoms with E-state index in [-0.39, 0.29) is 17.3 Å². The van der Waals surface area contributed by atoms with Gasteiger partial charge in [-0.2, -0.15) is 0 Å². The number of Topliss-reactive ketones (excluding diaryl/α,β-unsaturated/α-hetero) is 1. The van der Waals surface area contributed by atoms with Crippen LogP contribution in [0.4, 0.5) is 0 Å². The smallest absolute Gasteiger partial charge is 0.150 e. The Kier molecular flexibility index (Phi) is 7.60. The summed E-state index contributed by atoms with van der Waals surface area (Å²) < 4.78 is 27.2. The van der Waals surface area contributed by atoms with Crippen molar-refractivity contribution in [3.05, 3.63) is 0 Å². The summed E-state index contributed by atoms with van der Waals surface area (Å²) in [5.74, 6) is 0.346. The Hall–Kier alpha value is -0.420. The van der Waals surface area contributed by atoms with E-state index >= 15 is 0 Å². The molecule has 0 saturated heterocycles. The highest BCUT2D eigenvalue weighted by Gasteiger charge is 2.08. The van der Waals surface area contributed by atoms with Crippen molar-refractivity contribution in [3.8, 4) is 0 Å². The van der Waals surface area contributed by atoms with Crippen LogP contribution in [0.3, 0.4) is 0 Å². The molecule has 5 heteroatoms. The molecule has 0 aromatic rings. The lowest BCUT2D eigenvalue weighted by atomic mass is 10.2. The summed E-state index contributed by atoms with van der Waals surface area (Å²) in [4.78, 5) is 11.2. The van der Waals surface area contributed by atoms with Crippen molar-refractivity contribution < 1.29 is 17.9 Å². The van der Waals surface area contributed by atoms with E-state index < -0.39 is 9.84 Å². The van der Waals surface area contributed by atoms with Crippen molar-refractivity contribution in [1.82, 2.24) is 0 Å². The Bertz CT molecular complexity index is 269. The first-order valence-electron chi connectivity index (χ1n) is 5.31. The van der Waals surface area contributed by atoms with Crippen molar-refractivity contribution in [2.45, 2.75) is 33.1 Å². The van der Waals surface area contributed by atoms with E-state index in [9.17, 15) is 13.2 Å². The number of hydrogen-bond donors (Lipinski definition) is 0. The molecule has 0 N–H and O–H groups in total. The molecule has 0 spiro atoms. The van der Waals surface area contributed by atoms with Crippen LogP contribution in [-0.4, -0.2) is 38.9 Å². The first-order chi connectivity index (χ1) is 7.02. The lowest BCUT2D eigenvalue weighted by Crippen LogP contribution is -2.11. The maximum Gasteiger partial charge on any atom is 0.150 e. The summed E-state index contributed by atoms with van der Waals surface area (Å²) in [7, 11) is -2.92. The third-order valence-corrected chi connectivity index (χ3v) is 3.87. The average molecular weight is 236 g/mol. The Morgan fingerprint density at radius 2 is 1.87 bits per heavy atom. The molecule has 0 saturated carbocycles. The third-order valence-electron chi connectivity index (χ3n) is 2.08. The minimum Gasteiger partial charge on any atom is -0.381 e. The van der Waals surface area contributed by atoms with E-state index in [2.05, 4.69) is 0 Å². The van der Waals surface area contributed by atoms with Gasteiger partial charge in [0.15, 0.2) is 0 Å². The van der Waals surface area contributed by atoms with Gasteiger partial charge in [-0.3, -0.25) is 4.79 Å². The van der Waals surface area contributed by atoms with Gasteiger partial charge >= 0.3 is 0 Å². The van der Waals surface area contributed by atoms with Crippen LogP contribution in [0, 0.1) is 0 Å². The number of ether oxygens (including phenoxy) is 1. The van der Waals surface area contributed by atoms with Crippen LogP contribution < -0.4 is 0 Å². The van der Waals surface area contributed by atoms with Crippen LogP contribution in [0.1, 0.15) is 33.1 Å². The van der Waals surface area contributed by atoms with Crippen molar-refractivity contribution in [2.75, 3.05) is 24.7 Å². The normalized spacial score (nSPS) is 11.6. The third kappa shape index (κ3) is 8.57. The Balaban J connectivity index is 3.55. The predicted molar refractivity (Wildman–Crippen MR) is 59.7 cm³/mol. The fourth-order valence-electron chi connectivity index (χ4n) is 1.09. The summed E-state index contributed by atoms with van der Waals surface area (Å²) in [6.45, 7) is 4.54. The maximum atomic E-state index is 11.2. The van der Waals surface area contributed by atoms with Crippen LogP contribution in [0.15, 0.2) is 0 Å². The molecule has 0 bridgehead atoms.